The van der Waals surface area contributed by atoms with Crippen molar-refractivity contribution in [2.45, 2.75) is 51.5 Å². The fourth-order valence-corrected chi connectivity index (χ4v) is 2.19. The highest BCUT2D eigenvalue weighted by molar-refractivity contribution is 5.79. The van der Waals surface area contributed by atoms with Crippen LogP contribution in [0, 0.1) is 0 Å². The summed E-state index contributed by atoms with van der Waals surface area (Å²) in [5, 5.41) is 3.41. The van der Waals surface area contributed by atoms with Gasteiger partial charge in [0.15, 0.2) is 0 Å². The summed E-state index contributed by atoms with van der Waals surface area (Å²) in [7, 11) is 0. The third-order valence-corrected chi connectivity index (χ3v) is 3.18. The third-order valence-electron chi connectivity index (χ3n) is 3.18. The molecule has 100 valence electrons. The number of hydrogen-bond donors (Lipinski definition) is 3. The molecule has 0 heterocycles. The second-order valence-electron chi connectivity index (χ2n) is 4.82. The lowest BCUT2D eigenvalue weighted by Gasteiger charge is -2.27. The zero-order chi connectivity index (χ0) is 12.6. The lowest BCUT2D eigenvalue weighted by Crippen LogP contribution is -2.51. The van der Waals surface area contributed by atoms with Crippen LogP contribution in [0.4, 0.5) is 0 Å². The molecule has 1 aliphatic carbocycles. The zero-order valence-electron chi connectivity index (χ0n) is 11.1. The van der Waals surface area contributed by atoms with Gasteiger partial charge < -0.3 is 10.1 Å². The zero-order valence-corrected chi connectivity index (χ0v) is 11.1. The van der Waals surface area contributed by atoms with Crippen LogP contribution in [0.5, 0.6) is 0 Å². The summed E-state index contributed by atoms with van der Waals surface area (Å²) in [6, 6.07) is 0. The summed E-state index contributed by atoms with van der Waals surface area (Å²) in [5.41, 5.74) is 2.80. The molecule has 0 radical (unpaired) electrons. The molecule has 17 heavy (non-hydrogen) atoms. The van der Waals surface area contributed by atoms with E-state index in [-0.39, 0.29) is 5.54 Å². The predicted molar refractivity (Wildman–Crippen MR) is 70.7 cm³/mol. The molecule has 4 N–H and O–H groups in total. The molecule has 0 unspecified atom stereocenters. The van der Waals surface area contributed by atoms with Crippen molar-refractivity contribution in [3.8, 4) is 0 Å². The molecule has 0 atom stereocenters. The van der Waals surface area contributed by atoms with E-state index in [4.69, 9.17) is 10.6 Å². The second kappa shape index (κ2) is 7.50. The molecule has 1 saturated carbocycles. The van der Waals surface area contributed by atoms with Crippen molar-refractivity contribution in [2.24, 2.45) is 10.8 Å². The first kappa shape index (κ1) is 14.3. The number of nitrogens with zero attached hydrogens (tertiary/aromatic N) is 1. The Morgan fingerprint density at radius 1 is 1.41 bits per heavy atom. The average Bonchev–Trinajstić information content (AvgIpc) is 2.74. The number of ether oxygens (including phenoxy) is 1. The Labute approximate surface area is 104 Å². The second-order valence-corrected chi connectivity index (χ2v) is 4.82. The van der Waals surface area contributed by atoms with Gasteiger partial charge in [-0.25, -0.2) is 5.84 Å². The molecule has 0 amide bonds. The van der Waals surface area contributed by atoms with Crippen molar-refractivity contribution < 1.29 is 4.74 Å². The molecule has 1 aliphatic rings. The summed E-state index contributed by atoms with van der Waals surface area (Å²) < 4.78 is 5.26. The van der Waals surface area contributed by atoms with Gasteiger partial charge >= 0.3 is 0 Å². The van der Waals surface area contributed by atoms with Gasteiger partial charge in [0, 0.05) is 25.3 Å². The maximum atomic E-state index is 5.48. The molecule has 0 aromatic heterocycles. The summed E-state index contributed by atoms with van der Waals surface area (Å²) in [4.78, 5) is 4.41. The van der Waals surface area contributed by atoms with Gasteiger partial charge in [-0.05, 0) is 33.1 Å². The van der Waals surface area contributed by atoms with Gasteiger partial charge in [0.05, 0.1) is 0 Å². The number of hydrogen-bond acceptors (Lipinski definition) is 3. The Morgan fingerprint density at radius 3 is 2.71 bits per heavy atom. The van der Waals surface area contributed by atoms with Gasteiger partial charge in [-0.2, -0.15) is 0 Å². The number of nitrogens with two attached hydrogens (primary N) is 1. The Balaban J connectivity index is 2.28. The van der Waals surface area contributed by atoms with Crippen LogP contribution in [-0.2, 0) is 4.74 Å². The van der Waals surface area contributed by atoms with Crippen molar-refractivity contribution >= 4 is 5.96 Å². The summed E-state index contributed by atoms with van der Waals surface area (Å²) in [6.45, 7) is 6.49. The lowest BCUT2D eigenvalue weighted by atomic mass is 10.0. The molecule has 0 aromatic rings. The van der Waals surface area contributed by atoms with Crippen LogP contribution in [0.1, 0.15) is 46.0 Å². The summed E-state index contributed by atoms with van der Waals surface area (Å²) in [5.74, 6) is 6.18. The maximum absolute atomic E-state index is 5.48. The highest BCUT2D eigenvalue weighted by atomic mass is 16.5. The molecule has 0 spiro atoms. The van der Waals surface area contributed by atoms with Crippen LogP contribution in [0.3, 0.4) is 0 Å². The van der Waals surface area contributed by atoms with E-state index in [0.717, 1.165) is 26.2 Å². The molecular formula is C12H26N4O. The summed E-state index contributed by atoms with van der Waals surface area (Å²) >= 11 is 0. The Hall–Kier alpha value is -0.810. The van der Waals surface area contributed by atoms with Gasteiger partial charge in [0.25, 0.3) is 0 Å². The minimum absolute atomic E-state index is 0.158. The normalized spacial score (nSPS) is 19.4. The third kappa shape index (κ3) is 5.37. The monoisotopic (exact) mass is 242 g/mol. The SMILES string of the molecule is CCOCCCN=C(NN)NC1(C)CCCC1. The van der Waals surface area contributed by atoms with Crippen LogP contribution >= 0.6 is 0 Å². The predicted octanol–water partition coefficient (Wildman–Crippen LogP) is 1.15. The molecule has 0 bridgehead atoms. The quantitative estimate of drug-likeness (QED) is 0.215. The van der Waals surface area contributed by atoms with Crippen LogP contribution < -0.4 is 16.6 Å². The smallest absolute Gasteiger partial charge is 0.206 e. The number of aliphatic imine (C=N–C) groups is 1. The fourth-order valence-electron chi connectivity index (χ4n) is 2.19. The Morgan fingerprint density at radius 2 is 2.12 bits per heavy atom. The molecule has 1 rings (SSSR count). The van der Waals surface area contributed by atoms with Crippen molar-refractivity contribution in [2.75, 3.05) is 19.8 Å². The molecule has 0 aromatic carbocycles. The van der Waals surface area contributed by atoms with E-state index in [1.165, 1.54) is 25.7 Å². The molecule has 1 fully saturated rings. The molecular weight excluding hydrogens is 216 g/mol. The van der Waals surface area contributed by atoms with E-state index >= 15 is 0 Å². The molecule has 0 aliphatic heterocycles. The molecule has 5 heteroatoms. The van der Waals surface area contributed by atoms with Crippen molar-refractivity contribution in [3.05, 3.63) is 0 Å². The van der Waals surface area contributed by atoms with Crippen LogP contribution in [-0.4, -0.2) is 31.3 Å². The van der Waals surface area contributed by atoms with E-state index in [0.29, 0.717) is 5.96 Å². The van der Waals surface area contributed by atoms with Gasteiger partial charge in [0.1, 0.15) is 0 Å². The lowest BCUT2D eigenvalue weighted by molar-refractivity contribution is 0.146. The number of guanidine groups is 1. The summed E-state index contributed by atoms with van der Waals surface area (Å²) in [6.07, 6.45) is 5.87. The van der Waals surface area contributed by atoms with Gasteiger partial charge in [-0.15, -0.1) is 0 Å². The van der Waals surface area contributed by atoms with Crippen molar-refractivity contribution in [1.29, 1.82) is 0 Å². The van der Waals surface area contributed by atoms with Crippen LogP contribution in [0.15, 0.2) is 4.99 Å². The van der Waals surface area contributed by atoms with E-state index in [9.17, 15) is 0 Å². The first-order chi connectivity index (χ1) is 8.20. The highest BCUT2D eigenvalue weighted by Crippen LogP contribution is 2.28. The maximum Gasteiger partial charge on any atom is 0.206 e. The topological polar surface area (TPSA) is 71.7 Å². The Bertz CT molecular complexity index is 237. The van der Waals surface area contributed by atoms with E-state index < -0.39 is 0 Å². The fraction of sp³-hybridized carbons (Fsp3) is 0.917. The first-order valence-corrected chi connectivity index (χ1v) is 6.57. The Kier molecular flexibility index (Phi) is 6.29. The minimum atomic E-state index is 0.158. The van der Waals surface area contributed by atoms with Crippen molar-refractivity contribution in [3.63, 3.8) is 0 Å². The van der Waals surface area contributed by atoms with E-state index in [1.54, 1.807) is 0 Å². The molecule has 0 saturated heterocycles. The number of nitrogens with one attached hydrogen (secondary N) is 2. The van der Waals surface area contributed by atoms with Crippen LogP contribution in [0.2, 0.25) is 0 Å². The van der Waals surface area contributed by atoms with Crippen LogP contribution in [0.25, 0.3) is 0 Å². The largest absolute Gasteiger partial charge is 0.382 e. The number of hydrazine groups is 1. The van der Waals surface area contributed by atoms with E-state index in [2.05, 4.69) is 22.7 Å². The standard InChI is InChI=1S/C12H26N4O/c1-3-17-10-6-9-14-11(16-13)15-12(2)7-4-5-8-12/h3-10,13H2,1-2H3,(H2,14,15,16). The average molecular weight is 242 g/mol. The number of rotatable bonds is 6. The van der Waals surface area contributed by atoms with E-state index in [1.807, 2.05) is 6.92 Å². The first-order valence-electron chi connectivity index (χ1n) is 6.57. The van der Waals surface area contributed by atoms with Crippen molar-refractivity contribution in [1.82, 2.24) is 10.7 Å². The molecule has 5 nitrogen and oxygen atoms in total. The highest BCUT2D eigenvalue weighted by Gasteiger charge is 2.29. The minimum Gasteiger partial charge on any atom is -0.382 e. The van der Waals surface area contributed by atoms with Gasteiger partial charge in [-0.1, -0.05) is 12.8 Å². The van der Waals surface area contributed by atoms with Gasteiger partial charge in [0.2, 0.25) is 5.96 Å². The van der Waals surface area contributed by atoms with Gasteiger partial charge in [-0.3, -0.25) is 10.4 Å².